The number of carbonyl (C=O) groups excluding carboxylic acids is 1. The maximum atomic E-state index is 12.2. The first-order chi connectivity index (χ1) is 8.84. The Kier molecular flexibility index (Phi) is 3.09. The van der Waals surface area contributed by atoms with E-state index >= 15 is 0 Å². The summed E-state index contributed by atoms with van der Waals surface area (Å²) >= 11 is 0. The number of ether oxygens (including phenoxy) is 2. The lowest BCUT2D eigenvalue weighted by Gasteiger charge is -2.16. The Labute approximate surface area is 106 Å². The molecule has 0 aliphatic carbocycles. The highest BCUT2D eigenvalue weighted by atomic mass is 16.5. The van der Waals surface area contributed by atoms with Crippen LogP contribution in [0.5, 0.6) is 11.5 Å². The highest BCUT2D eigenvalue weighted by Gasteiger charge is 2.21. The van der Waals surface area contributed by atoms with Gasteiger partial charge in [0.25, 0.3) is 5.91 Å². The van der Waals surface area contributed by atoms with Gasteiger partial charge >= 0.3 is 0 Å². The van der Waals surface area contributed by atoms with Gasteiger partial charge in [-0.25, -0.2) is 0 Å². The minimum absolute atomic E-state index is 0.100. The van der Waals surface area contributed by atoms with E-state index in [2.05, 4.69) is 0 Å². The Morgan fingerprint density at radius 1 is 1.00 bits per heavy atom. The van der Waals surface area contributed by atoms with Crippen LogP contribution in [0.1, 0.15) is 29.6 Å². The molecule has 2 heterocycles. The molecule has 18 heavy (non-hydrogen) atoms. The number of carbonyl (C=O) groups is 1. The predicted molar refractivity (Wildman–Crippen MR) is 67.2 cm³/mol. The molecule has 0 spiro atoms. The summed E-state index contributed by atoms with van der Waals surface area (Å²) in [6.07, 6.45) is 3.09. The monoisotopic (exact) mass is 247 g/mol. The van der Waals surface area contributed by atoms with Gasteiger partial charge in [-0.1, -0.05) is 0 Å². The summed E-state index contributed by atoms with van der Waals surface area (Å²) in [4.78, 5) is 14.2. The van der Waals surface area contributed by atoms with Crippen molar-refractivity contribution in [2.45, 2.75) is 19.3 Å². The summed E-state index contributed by atoms with van der Waals surface area (Å²) in [5.74, 6) is 1.53. The smallest absolute Gasteiger partial charge is 0.253 e. The number of likely N-dealkylation sites (tertiary alicyclic amines) is 1. The molecule has 3 rings (SSSR count). The lowest BCUT2D eigenvalue weighted by molar-refractivity contribution is 0.0792. The molecule has 1 amide bonds. The van der Waals surface area contributed by atoms with E-state index < -0.39 is 0 Å². The molecule has 0 unspecified atom stereocenters. The van der Waals surface area contributed by atoms with Crippen LogP contribution in [0.2, 0.25) is 0 Å². The second kappa shape index (κ2) is 4.88. The third-order valence-corrected chi connectivity index (χ3v) is 3.39. The van der Waals surface area contributed by atoms with Gasteiger partial charge in [0.05, 0.1) is 13.2 Å². The van der Waals surface area contributed by atoms with Crippen molar-refractivity contribution >= 4 is 5.91 Å². The van der Waals surface area contributed by atoms with Gasteiger partial charge in [-0.3, -0.25) is 4.79 Å². The van der Waals surface area contributed by atoms with Gasteiger partial charge in [0, 0.05) is 25.1 Å². The fourth-order valence-electron chi connectivity index (χ4n) is 2.40. The standard InChI is InChI=1S/C14H17NO3/c16-14(15-6-1-2-7-15)11-4-5-12-13(10-11)18-9-3-8-17-12/h4-5,10H,1-3,6-9H2. The molecule has 0 bridgehead atoms. The van der Waals surface area contributed by atoms with Crippen molar-refractivity contribution in [3.8, 4) is 11.5 Å². The van der Waals surface area contributed by atoms with Crippen LogP contribution < -0.4 is 9.47 Å². The number of hydrogen-bond donors (Lipinski definition) is 0. The minimum Gasteiger partial charge on any atom is -0.490 e. The Morgan fingerprint density at radius 3 is 2.50 bits per heavy atom. The summed E-state index contributed by atoms with van der Waals surface area (Å²) in [5, 5.41) is 0. The van der Waals surface area contributed by atoms with Crippen molar-refractivity contribution in [3.63, 3.8) is 0 Å². The predicted octanol–water partition coefficient (Wildman–Crippen LogP) is 2.08. The fourth-order valence-corrected chi connectivity index (χ4v) is 2.40. The lowest BCUT2D eigenvalue weighted by Crippen LogP contribution is -2.27. The molecule has 1 fully saturated rings. The maximum Gasteiger partial charge on any atom is 0.253 e. The third-order valence-electron chi connectivity index (χ3n) is 3.39. The van der Waals surface area contributed by atoms with Crippen molar-refractivity contribution in [1.82, 2.24) is 4.90 Å². The van der Waals surface area contributed by atoms with E-state index in [1.807, 2.05) is 17.0 Å². The Balaban J connectivity index is 1.84. The molecule has 2 aliphatic rings. The summed E-state index contributed by atoms with van der Waals surface area (Å²) in [7, 11) is 0. The SMILES string of the molecule is O=C(c1ccc2c(c1)OCCCO2)N1CCCC1. The van der Waals surface area contributed by atoms with Crippen LogP contribution in [-0.2, 0) is 0 Å². The number of nitrogens with zero attached hydrogens (tertiary/aromatic N) is 1. The van der Waals surface area contributed by atoms with Crippen LogP contribution in [0.25, 0.3) is 0 Å². The van der Waals surface area contributed by atoms with Crippen molar-refractivity contribution in [2.75, 3.05) is 26.3 Å². The van der Waals surface area contributed by atoms with Crippen LogP contribution in [0.3, 0.4) is 0 Å². The minimum atomic E-state index is 0.100. The average Bonchev–Trinajstić information content (AvgIpc) is 2.83. The number of hydrogen-bond acceptors (Lipinski definition) is 3. The zero-order valence-electron chi connectivity index (χ0n) is 10.4. The van der Waals surface area contributed by atoms with E-state index in [0.717, 1.165) is 38.1 Å². The summed E-state index contributed by atoms with van der Waals surface area (Å²) < 4.78 is 11.2. The van der Waals surface area contributed by atoms with E-state index in [9.17, 15) is 4.79 Å². The normalized spacial score (nSPS) is 18.6. The molecular weight excluding hydrogens is 230 g/mol. The number of benzene rings is 1. The molecule has 0 atom stereocenters. The number of fused-ring (bicyclic) bond motifs is 1. The van der Waals surface area contributed by atoms with Crippen molar-refractivity contribution in [2.24, 2.45) is 0 Å². The fraction of sp³-hybridized carbons (Fsp3) is 0.500. The van der Waals surface area contributed by atoms with Crippen LogP contribution in [0.15, 0.2) is 18.2 Å². The topological polar surface area (TPSA) is 38.8 Å². The number of rotatable bonds is 1. The molecule has 0 saturated carbocycles. The highest BCUT2D eigenvalue weighted by Crippen LogP contribution is 2.31. The Hall–Kier alpha value is -1.71. The molecule has 4 heteroatoms. The molecule has 4 nitrogen and oxygen atoms in total. The summed E-state index contributed by atoms with van der Waals surface area (Å²) in [6, 6.07) is 5.47. The molecule has 0 N–H and O–H groups in total. The van der Waals surface area contributed by atoms with Gasteiger partial charge in [0.2, 0.25) is 0 Å². The second-order valence-electron chi connectivity index (χ2n) is 4.71. The molecule has 0 radical (unpaired) electrons. The van der Waals surface area contributed by atoms with E-state index in [-0.39, 0.29) is 5.91 Å². The first-order valence-corrected chi connectivity index (χ1v) is 6.53. The van der Waals surface area contributed by atoms with E-state index in [0.29, 0.717) is 24.5 Å². The molecule has 1 aromatic carbocycles. The molecule has 2 aliphatic heterocycles. The van der Waals surface area contributed by atoms with Gasteiger partial charge in [-0.15, -0.1) is 0 Å². The van der Waals surface area contributed by atoms with Crippen LogP contribution in [0.4, 0.5) is 0 Å². The van der Waals surface area contributed by atoms with E-state index in [4.69, 9.17) is 9.47 Å². The van der Waals surface area contributed by atoms with Gasteiger partial charge in [-0.05, 0) is 31.0 Å². The summed E-state index contributed by atoms with van der Waals surface area (Å²) in [5.41, 5.74) is 0.696. The molecular formula is C14H17NO3. The Bertz CT molecular complexity index is 452. The van der Waals surface area contributed by atoms with Crippen LogP contribution >= 0.6 is 0 Å². The lowest BCUT2D eigenvalue weighted by atomic mass is 10.2. The highest BCUT2D eigenvalue weighted by molar-refractivity contribution is 5.95. The van der Waals surface area contributed by atoms with Gasteiger partial charge in [0.1, 0.15) is 0 Å². The van der Waals surface area contributed by atoms with Gasteiger partial charge in [0.15, 0.2) is 11.5 Å². The van der Waals surface area contributed by atoms with E-state index in [1.165, 1.54) is 0 Å². The quantitative estimate of drug-likeness (QED) is 0.762. The summed E-state index contributed by atoms with van der Waals surface area (Å²) in [6.45, 7) is 3.06. The second-order valence-corrected chi connectivity index (χ2v) is 4.71. The Morgan fingerprint density at radius 2 is 1.72 bits per heavy atom. The zero-order chi connectivity index (χ0) is 12.4. The number of amides is 1. The first-order valence-electron chi connectivity index (χ1n) is 6.53. The van der Waals surface area contributed by atoms with E-state index in [1.54, 1.807) is 6.07 Å². The van der Waals surface area contributed by atoms with Gasteiger partial charge < -0.3 is 14.4 Å². The van der Waals surface area contributed by atoms with Crippen LogP contribution in [0, 0.1) is 0 Å². The third kappa shape index (κ3) is 2.15. The van der Waals surface area contributed by atoms with Crippen molar-refractivity contribution in [1.29, 1.82) is 0 Å². The average molecular weight is 247 g/mol. The maximum absolute atomic E-state index is 12.2. The molecule has 1 aromatic rings. The van der Waals surface area contributed by atoms with Crippen molar-refractivity contribution in [3.05, 3.63) is 23.8 Å². The molecule has 96 valence electrons. The first kappa shape index (κ1) is 11.4. The molecule has 0 aromatic heterocycles. The zero-order valence-corrected chi connectivity index (χ0v) is 10.4. The van der Waals surface area contributed by atoms with Gasteiger partial charge in [-0.2, -0.15) is 0 Å². The molecule has 1 saturated heterocycles. The largest absolute Gasteiger partial charge is 0.490 e. The van der Waals surface area contributed by atoms with Crippen molar-refractivity contribution < 1.29 is 14.3 Å². The van der Waals surface area contributed by atoms with Crippen LogP contribution in [-0.4, -0.2) is 37.1 Å².